The summed E-state index contributed by atoms with van der Waals surface area (Å²) in [7, 11) is 0. The molecule has 2 aliphatic rings. The number of aromatic amines is 1. The number of rotatable bonds is 5. The van der Waals surface area contributed by atoms with Crippen LogP contribution in [0.25, 0.3) is 5.57 Å². The molecule has 0 spiro atoms. The Hall–Kier alpha value is -2.30. The summed E-state index contributed by atoms with van der Waals surface area (Å²) < 4.78 is 0. The average Bonchev–Trinajstić information content (AvgIpc) is 3.19. The van der Waals surface area contributed by atoms with Crippen molar-refractivity contribution in [2.75, 3.05) is 5.75 Å². The monoisotopic (exact) mass is 435 g/mol. The van der Waals surface area contributed by atoms with Crippen LogP contribution in [0.1, 0.15) is 11.4 Å². The highest BCUT2D eigenvalue weighted by Gasteiger charge is 2.54. The zero-order valence-electron chi connectivity index (χ0n) is 14.3. The highest BCUT2D eigenvalue weighted by atomic mass is 35.5. The number of carbonyl (C=O) groups is 3. The molecule has 144 valence electrons. The van der Waals surface area contributed by atoms with Crippen LogP contribution in [0.5, 0.6) is 0 Å². The van der Waals surface area contributed by atoms with Crippen LogP contribution in [0.4, 0.5) is 0 Å². The van der Waals surface area contributed by atoms with Crippen molar-refractivity contribution >= 4 is 58.5 Å². The highest BCUT2D eigenvalue weighted by Crippen LogP contribution is 2.43. The molecule has 0 saturated carbocycles. The Kier molecular flexibility index (Phi) is 5.17. The molecule has 28 heavy (non-hydrogen) atoms. The van der Waals surface area contributed by atoms with Gasteiger partial charge in [-0.05, 0) is 17.7 Å². The number of H-pyrrole nitrogens is 1. The van der Waals surface area contributed by atoms with Gasteiger partial charge in [0.25, 0.3) is 5.91 Å². The van der Waals surface area contributed by atoms with Gasteiger partial charge >= 0.3 is 0 Å². The summed E-state index contributed by atoms with van der Waals surface area (Å²) in [6, 6.07) is 6.28. The second-order valence-electron chi connectivity index (χ2n) is 6.23. The van der Waals surface area contributed by atoms with Gasteiger partial charge in [0.05, 0.1) is 6.42 Å². The van der Waals surface area contributed by atoms with Gasteiger partial charge in [-0.15, -0.1) is 11.8 Å². The van der Waals surface area contributed by atoms with Crippen molar-refractivity contribution < 1.29 is 14.4 Å². The molecule has 8 nitrogen and oxygen atoms in total. The Balaban J connectivity index is 1.50. The molecule has 2 aliphatic heterocycles. The number of benzene rings is 1. The minimum atomic E-state index is -0.698. The Bertz CT molecular complexity index is 994. The number of thioether (sulfide) groups is 1. The van der Waals surface area contributed by atoms with Crippen molar-refractivity contribution in [1.29, 1.82) is 0 Å². The van der Waals surface area contributed by atoms with Crippen LogP contribution in [-0.2, 0) is 20.8 Å². The molecule has 2 atom stereocenters. The Morgan fingerprint density at radius 3 is 2.93 bits per heavy atom. The number of fused-ring (bicyclic) bond motifs is 1. The number of hydrogen-bond acceptors (Lipinski definition) is 6. The Morgan fingerprint density at radius 2 is 2.25 bits per heavy atom. The summed E-state index contributed by atoms with van der Waals surface area (Å²) >= 11 is 11.3. The summed E-state index contributed by atoms with van der Waals surface area (Å²) in [6.07, 6.45) is 1.44. The zero-order chi connectivity index (χ0) is 19.8. The first kappa shape index (κ1) is 19.0. The van der Waals surface area contributed by atoms with Gasteiger partial charge in [-0.3, -0.25) is 24.4 Å². The third-order valence-electron chi connectivity index (χ3n) is 4.44. The fourth-order valence-corrected chi connectivity index (χ4v) is 5.01. The van der Waals surface area contributed by atoms with Crippen LogP contribution in [0.15, 0.2) is 36.3 Å². The van der Waals surface area contributed by atoms with E-state index in [1.165, 1.54) is 23.0 Å². The lowest BCUT2D eigenvalue weighted by Crippen LogP contribution is -2.70. The lowest BCUT2D eigenvalue weighted by molar-refractivity contribution is -0.146. The lowest BCUT2D eigenvalue weighted by atomic mass is 10.0. The van der Waals surface area contributed by atoms with Gasteiger partial charge in [-0.25, -0.2) is 4.98 Å². The van der Waals surface area contributed by atoms with E-state index in [0.717, 1.165) is 5.56 Å². The third kappa shape index (κ3) is 3.43. The van der Waals surface area contributed by atoms with Gasteiger partial charge in [0.1, 0.15) is 23.4 Å². The molecule has 0 unspecified atom stereocenters. The molecule has 2 aromatic rings. The summed E-state index contributed by atoms with van der Waals surface area (Å²) in [6.45, 7) is 0. The van der Waals surface area contributed by atoms with Crippen molar-refractivity contribution in [3.63, 3.8) is 0 Å². The Labute approximate surface area is 174 Å². The first-order valence-corrected chi connectivity index (χ1v) is 10.1. The predicted octanol–water partition coefficient (Wildman–Crippen LogP) is 1.27. The van der Waals surface area contributed by atoms with E-state index in [1.807, 2.05) is 0 Å². The third-order valence-corrected chi connectivity index (χ3v) is 6.17. The van der Waals surface area contributed by atoms with Crippen LogP contribution in [-0.4, -0.2) is 54.2 Å². The number of nitrogens with zero attached hydrogens (tertiary/aromatic N) is 3. The summed E-state index contributed by atoms with van der Waals surface area (Å²) in [5, 5.41) is 8.89. The number of nitrogens with one attached hydrogen (secondary N) is 2. The second kappa shape index (κ2) is 7.61. The normalized spacial score (nSPS) is 21.2. The van der Waals surface area contributed by atoms with Gasteiger partial charge in [-0.2, -0.15) is 5.10 Å². The molecule has 4 rings (SSSR count). The summed E-state index contributed by atoms with van der Waals surface area (Å²) in [5.41, 5.74) is 1.49. The van der Waals surface area contributed by atoms with E-state index in [4.69, 9.17) is 11.6 Å². The molecular formula is C17H14ClN5O3S2. The van der Waals surface area contributed by atoms with Crippen molar-refractivity contribution in [3.05, 3.63) is 52.7 Å². The number of aromatic nitrogens is 3. The summed E-state index contributed by atoms with van der Waals surface area (Å²) in [5.74, 6) is 0.214. The Morgan fingerprint density at radius 1 is 1.43 bits per heavy atom. The van der Waals surface area contributed by atoms with Crippen molar-refractivity contribution in [1.82, 2.24) is 25.4 Å². The largest absolute Gasteiger partial charge is 0.341 e. The van der Waals surface area contributed by atoms with Crippen molar-refractivity contribution in [2.45, 2.75) is 17.8 Å². The smallest absolute Gasteiger partial charge is 0.253 e. The molecule has 11 heteroatoms. The number of thiol groups is 1. The van der Waals surface area contributed by atoms with Gasteiger partial charge < -0.3 is 5.32 Å². The fourth-order valence-electron chi connectivity index (χ4n) is 3.21. The maximum atomic E-state index is 12.7. The van der Waals surface area contributed by atoms with E-state index in [1.54, 1.807) is 24.3 Å². The molecule has 2 N–H and O–H groups in total. The molecule has 0 radical (unpaired) electrons. The molecule has 1 fully saturated rings. The first-order chi connectivity index (χ1) is 13.5. The van der Waals surface area contributed by atoms with E-state index in [-0.39, 0.29) is 29.3 Å². The summed E-state index contributed by atoms with van der Waals surface area (Å²) in [4.78, 5) is 42.5. The van der Waals surface area contributed by atoms with Gasteiger partial charge in [0.15, 0.2) is 5.82 Å². The fraction of sp³-hybridized carbons (Fsp3) is 0.235. The van der Waals surface area contributed by atoms with E-state index in [2.05, 4.69) is 33.1 Å². The minimum Gasteiger partial charge on any atom is -0.341 e. The standard InChI is InChI=1S/C17H14ClN5O3S2/c18-9-3-1-2-8(4-9)5-11(24)21-12-15(25)23-13(17(26)27)10(6-28-16(12)23)14-19-7-20-22-14/h1-4,7,12,16H,5-6H2,(H,21,24)(H,26,27)(H,19,20,22)/t12-,16-/m1/s1. The van der Waals surface area contributed by atoms with E-state index in [9.17, 15) is 14.4 Å². The first-order valence-electron chi connectivity index (χ1n) is 8.26. The molecule has 2 amide bonds. The average molecular weight is 436 g/mol. The SMILES string of the molecule is O=C(Cc1cccc(Cl)c1)N[C@@H]1C(=O)N2C(C(=O)S)=C(c3ncn[nH]3)CS[C@H]12. The number of carbonyl (C=O) groups excluding carboxylic acids is 3. The van der Waals surface area contributed by atoms with Crippen LogP contribution in [0, 0.1) is 0 Å². The zero-order valence-corrected chi connectivity index (χ0v) is 16.7. The van der Waals surface area contributed by atoms with E-state index < -0.39 is 11.2 Å². The predicted molar refractivity (Wildman–Crippen MR) is 107 cm³/mol. The molecule has 0 bridgehead atoms. The van der Waals surface area contributed by atoms with Gasteiger partial charge in [-0.1, -0.05) is 36.4 Å². The molecule has 0 aliphatic carbocycles. The van der Waals surface area contributed by atoms with Crippen LogP contribution in [0.2, 0.25) is 5.02 Å². The molecule has 3 heterocycles. The van der Waals surface area contributed by atoms with Gasteiger partial charge in [0, 0.05) is 16.3 Å². The van der Waals surface area contributed by atoms with E-state index >= 15 is 0 Å². The number of amides is 2. The topological polar surface area (TPSA) is 108 Å². The molecule has 1 aromatic heterocycles. The van der Waals surface area contributed by atoms with Crippen LogP contribution in [0.3, 0.4) is 0 Å². The quantitative estimate of drug-likeness (QED) is 0.482. The minimum absolute atomic E-state index is 0.110. The second-order valence-corrected chi connectivity index (χ2v) is 8.18. The van der Waals surface area contributed by atoms with Crippen molar-refractivity contribution in [2.24, 2.45) is 0 Å². The number of halogens is 1. The maximum absolute atomic E-state index is 12.7. The lowest BCUT2D eigenvalue weighted by Gasteiger charge is -2.49. The van der Waals surface area contributed by atoms with Crippen molar-refractivity contribution in [3.8, 4) is 0 Å². The number of β-lactam (4-membered cyclic amide) rings is 1. The van der Waals surface area contributed by atoms with Gasteiger partial charge in [0.2, 0.25) is 11.0 Å². The van der Waals surface area contributed by atoms with E-state index in [0.29, 0.717) is 22.2 Å². The van der Waals surface area contributed by atoms with Crippen LogP contribution < -0.4 is 5.32 Å². The van der Waals surface area contributed by atoms with Crippen LogP contribution >= 0.6 is 36.0 Å². The highest BCUT2D eigenvalue weighted by molar-refractivity contribution is 8.00. The maximum Gasteiger partial charge on any atom is 0.253 e. The molecule has 1 saturated heterocycles. The number of hydrogen-bond donors (Lipinski definition) is 3. The molecule has 1 aromatic carbocycles. The molecular weight excluding hydrogens is 422 g/mol.